The monoisotopic (exact) mass is 980 g/mol. The van der Waals surface area contributed by atoms with Crippen molar-refractivity contribution in [3.05, 3.63) is 60.8 Å². The zero-order valence-electron chi connectivity index (χ0n) is 46.7. The number of unbranched alkanes of at least 4 members (excludes halogenated alkanes) is 34. The van der Waals surface area contributed by atoms with Gasteiger partial charge in [0.2, 0.25) is 5.91 Å². The third-order valence-corrected chi connectivity index (χ3v) is 13.9. The summed E-state index contributed by atoms with van der Waals surface area (Å²) in [5, 5.41) is 23.9. The van der Waals surface area contributed by atoms with Crippen molar-refractivity contribution in [3.63, 3.8) is 0 Å². The predicted molar refractivity (Wildman–Crippen MR) is 305 cm³/mol. The van der Waals surface area contributed by atoms with Gasteiger partial charge in [0, 0.05) is 12.8 Å². The molecule has 0 bridgehead atoms. The first-order valence-corrected chi connectivity index (χ1v) is 30.5. The Kier molecular flexibility index (Phi) is 55.5. The number of carbonyl (C=O) groups is 2. The van der Waals surface area contributed by atoms with E-state index in [1.165, 1.54) is 193 Å². The Bertz CT molecular complexity index is 1240. The highest BCUT2D eigenvalue weighted by atomic mass is 16.5. The Morgan fingerprint density at radius 2 is 0.743 bits per heavy atom. The molecule has 0 fully saturated rings. The second kappa shape index (κ2) is 57.5. The van der Waals surface area contributed by atoms with Crippen LogP contribution in [-0.2, 0) is 14.3 Å². The van der Waals surface area contributed by atoms with Gasteiger partial charge in [-0.05, 0) is 44.9 Å². The van der Waals surface area contributed by atoms with E-state index >= 15 is 0 Å². The number of ether oxygens (including phenoxy) is 1. The van der Waals surface area contributed by atoms with Gasteiger partial charge >= 0.3 is 5.97 Å². The van der Waals surface area contributed by atoms with Crippen LogP contribution in [-0.4, -0.2) is 46.9 Å². The SMILES string of the molecule is CC/C=C\C/C=C\C/C=C\C/C=C\C/C=C\CC(CC(=O)NC(CO)C(O)CCCCCCCCCCCCCCCCCCC)OC(=O)CCCCCCCCCCCCCCCCCCCCC. The maximum absolute atomic E-state index is 13.3. The standard InChI is InChI=1S/C64H117NO5/c1-4-7-10-13-16-19-22-25-28-30-31-33-36-39-42-45-48-51-54-57-64(69)70-60(55-52-49-46-43-40-37-34-27-24-21-18-15-12-9-6-3)58-63(68)65-61(59-66)62(67)56-53-50-47-44-41-38-35-32-29-26-23-20-17-14-11-8-5-2/h9,12,18,21,27,34,40,43,49,52,60-62,66-67H,4-8,10-11,13-17,19-20,22-26,28-33,35-39,41-42,44-48,50-51,53-59H2,1-3H3,(H,65,68)/b12-9-,21-18-,34-27-,43-40-,52-49-. The van der Waals surface area contributed by atoms with Crippen LogP contribution in [0.4, 0.5) is 0 Å². The quantitative estimate of drug-likeness (QED) is 0.0321. The smallest absolute Gasteiger partial charge is 0.306 e. The summed E-state index contributed by atoms with van der Waals surface area (Å²) in [4.78, 5) is 26.3. The minimum atomic E-state index is -0.813. The molecule has 0 aliphatic carbocycles. The first-order valence-electron chi connectivity index (χ1n) is 30.5. The minimum absolute atomic E-state index is 0.00158. The fourth-order valence-electron chi connectivity index (χ4n) is 9.28. The Hall–Kier alpha value is -2.44. The molecule has 408 valence electrons. The lowest BCUT2D eigenvalue weighted by Crippen LogP contribution is -2.46. The van der Waals surface area contributed by atoms with Gasteiger partial charge in [0.25, 0.3) is 0 Å². The molecule has 0 aromatic heterocycles. The molecule has 0 aliphatic heterocycles. The lowest BCUT2D eigenvalue weighted by molar-refractivity contribution is -0.150. The summed E-state index contributed by atoms with van der Waals surface area (Å²) in [6, 6.07) is -0.733. The molecule has 6 heteroatoms. The third kappa shape index (κ3) is 51.9. The highest BCUT2D eigenvalue weighted by molar-refractivity contribution is 5.77. The zero-order chi connectivity index (χ0) is 50.9. The van der Waals surface area contributed by atoms with Gasteiger partial charge in [0.1, 0.15) is 6.10 Å². The number of nitrogens with one attached hydrogen (secondary N) is 1. The van der Waals surface area contributed by atoms with E-state index in [0.29, 0.717) is 19.3 Å². The molecular formula is C64H117NO5. The lowest BCUT2D eigenvalue weighted by Gasteiger charge is -2.24. The summed E-state index contributed by atoms with van der Waals surface area (Å²) < 4.78 is 5.91. The molecule has 0 spiro atoms. The van der Waals surface area contributed by atoms with Crippen LogP contribution >= 0.6 is 0 Å². The normalized spacial score (nSPS) is 13.5. The highest BCUT2D eigenvalue weighted by Crippen LogP contribution is 2.18. The molecule has 0 aromatic rings. The number of rotatable bonds is 55. The van der Waals surface area contributed by atoms with Crippen molar-refractivity contribution in [1.29, 1.82) is 0 Å². The number of esters is 1. The van der Waals surface area contributed by atoms with Gasteiger partial charge in [-0.2, -0.15) is 0 Å². The van der Waals surface area contributed by atoms with E-state index in [1.807, 2.05) is 6.08 Å². The number of hydrogen-bond acceptors (Lipinski definition) is 5. The summed E-state index contributed by atoms with van der Waals surface area (Å²) in [7, 11) is 0. The van der Waals surface area contributed by atoms with Crippen molar-refractivity contribution in [2.45, 2.75) is 328 Å². The average Bonchev–Trinajstić information content (AvgIpc) is 3.35. The molecule has 6 nitrogen and oxygen atoms in total. The van der Waals surface area contributed by atoms with Gasteiger partial charge in [-0.25, -0.2) is 0 Å². The Morgan fingerprint density at radius 1 is 0.429 bits per heavy atom. The lowest BCUT2D eigenvalue weighted by atomic mass is 10.0. The van der Waals surface area contributed by atoms with Crippen molar-refractivity contribution in [2.75, 3.05) is 6.61 Å². The number of amides is 1. The van der Waals surface area contributed by atoms with E-state index in [-0.39, 0.29) is 24.9 Å². The third-order valence-electron chi connectivity index (χ3n) is 13.9. The van der Waals surface area contributed by atoms with E-state index in [4.69, 9.17) is 4.74 Å². The minimum Gasteiger partial charge on any atom is -0.461 e. The van der Waals surface area contributed by atoms with Crippen LogP contribution in [0.1, 0.15) is 310 Å². The second-order valence-corrected chi connectivity index (χ2v) is 20.7. The summed E-state index contributed by atoms with van der Waals surface area (Å²) in [6.45, 7) is 6.39. The number of carbonyl (C=O) groups excluding carboxylic acids is 2. The molecule has 0 radical (unpaired) electrons. The molecule has 0 heterocycles. The molecule has 1 amide bonds. The van der Waals surface area contributed by atoms with E-state index in [1.54, 1.807) is 0 Å². The van der Waals surface area contributed by atoms with Crippen LogP contribution in [0.5, 0.6) is 0 Å². The molecular weight excluding hydrogens is 863 g/mol. The summed E-state index contributed by atoms with van der Waals surface area (Å²) in [5.41, 5.74) is 0. The Morgan fingerprint density at radius 3 is 1.09 bits per heavy atom. The van der Waals surface area contributed by atoms with Gasteiger partial charge in [0.05, 0.1) is 25.2 Å². The molecule has 0 aliphatic rings. The van der Waals surface area contributed by atoms with Gasteiger partial charge in [0.15, 0.2) is 0 Å². The number of aliphatic hydroxyl groups is 2. The van der Waals surface area contributed by atoms with Crippen molar-refractivity contribution >= 4 is 11.9 Å². The second-order valence-electron chi connectivity index (χ2n) is 20.7. The first kappa shape index (κ1) is 67.6. The molecule has 70 heavy (non-hydrogen) atoms. The molecule has 0 aromatic carbocycles. The van der Waals surface area contributed by atoms with Crippen LogP contribution in [0.2, 0.25) is 0 Å². The zero-order valence-corrected chi connectivity index (χ0v) is 46.7. The molecule has 0 rings (SSSR count). The van der Waals surface area contributed by atoms with Crippen molar-refractivity contribution in [3.8, 4) is 0 Å². The average molecular weight is 981 g/mol. The maximum atomic E-state index is 13.3. The number of aliphatic hydroxyl groups excluding tert-OH is 2. The maximum Gasteiger partial charge on any atom is 0.306 e. The van der Waals surface area contributed by atoms with Crippen LogP contribution in [0.15, 0.2) is 60.8 Å². The summed E-state index contributed by atoms with van der Waals surface area (Å²) >= 11 is 0. The van der Waals surface area contributed by atoms with E-state index in [9.17, 15) is 19.8 Å². The molecule has 3 atom stereocenters. The van der Waals surface area contributed by atoms with Crippen LogP contribution in [0.25, 0.3) is 0 Å². The Balaban J connectivity index is 4.58. The van der Waals surface area contributed by atoms with Crippen LogP contribution in [0.3, 0.4) is 0 Å². The molecule has 0 saturated carbocycles. The first-order chi connectivity index (χ1) is 34.5. The largest absolute Gasteiger partial charge is 0.461 e. The predicted octanol–water partition coefficient (Wildman–Crippen LogP) is 19.1. The summed E-state index contributed by atoms with van der Waals surface area (Å²) in [5.74, 6) is -0.566. The fourth-order valence-corrected chi connectivity index (χ4v) is 9.28. The summed E-state index contributed by atoms with van der Waals surface area (Å²) in [6.07, 6.45) is 73.2. The molecule has 0 saturated heterocycles. The van der Waals surface area contributed by atoms with Crippen LogP contribution < -0.4 is 5.32 Å². The van der Waals surface area contributed by atoms with Crippen molar-refractivity contribution < 1.29 is 24.5 Å². The molecule has 3 unspecified atom stereocenters. The van der Waals surface area contributed by atoms with Crippen LogP contribution in [0, 0.1) is 0 Å². The van der Waals surface area contributed by atoms with E-state index in [0.717, 1.165) is 70.6 Å². The van der Waals surface area contributed by atoms with Gasteiger partial charge in [-0.3, -0.25) is 9.59 Å². The number of allylic oxidation sites excluding steroid dienone is 9. The van der Waals surface area contributed by atoms with Gasteiger partial charge < -0.3 is 20.3 Å². The van der Waals surface area contributed by atoms with Crippen molar-refractivity contribution in [1.82, 2.24) is 5.32 Å². The van der Waals surface area contributed by atoms with Gasteiger partial charge in [-0.1, -0.05) is 306 Å². The van der Waals surface area contributed by atoms with E-state index < -0.39 is 18.2 Å². The number of hydrogen-bond donors (Lipinski definition) is 3. The Labute approximate surface area is 435 Å². The fraction of sp³-hybridized carbons (Fsp3) is 0.812. The van der Waals surface area contributed by atoms with Gasteiger partial charge in [-0.15, -0.1) is 0 Å². The topological polar surface area (TPSA) is 95.9 Å². The van der Waals surface area contributed by atoms with E-state index in [2.05, 4.69) is 80.8 Å². The highest BCUT2D eigenvalue weighted by Gasteiger charge is 2.23. The van der Waals surface area contributed by atoms with Crippen molar-refractivity contribution in [2.24, 2.45) is 0 Å². The molecule has 3 N–H and O–H groups in total.